The second-order valence-electron chi connectivity index (χ2n) is 4.18. The Kier molecular flexibility index (Phi) is 3.52. The van der Waals surface area contributed by atoms with Crippen LogP contribution in [0, 0.1) is 5.92 Å². The maximum absolute atomic E-state index is 12.6. The van der Waals surface area contributed by atoms with Crippen molar-refractivity contribution in [3.63, 3.8) is 0 Å². The van der Waals surface area contributed by atoms with E-state index < -0.39 is 11.7 Å². The van der Waals surface area contributed by atoms with Gasteiger partial charge < -0.3 is 4.90 Å². The third kappa shape index (κ3) is 2.46. The molecule has 0 aromatic heterocycles. The van der Waals surface area contributed by atoms with Crippen LogP contribution in [0.5, 0.6) is 0 Å². The van der Waals surface area contributed by atoms with Gasteiger partial charge in [-0.2, -0.15) is 13.2 Å². The van der Waals surface area contributed by atoms with Crippen LogP contribution in [0.25, 0.3) is 0 Å². The van der Waals surface area contributed by atoms with E-state index in [-0.39, 0.29) is 23.4 Å². The van der Waals surface area contributed by atoms with Crippen LogP contribution >= 0.6 is 11.6 Å². The minimum absolute atomic E-state index is 0.203. The molecule has 6 heteroatoms. The van der Waals surface area contributed by atoms with Gasteiger partial charge in [0, 0.05) is 18.1 Å². The highest BCUT2D eigenvalue weighted by Crippen LogP contribution is 2.33. The Labute approximate surface area is 107 Å². The third-order valence-electron chi connectivity index (χ3n) is 2.99. The zero-order valence-corrected chi connectivity index (χ0v) is 10.1. The Hall–Kier alpha value is -1.23. The molecule has 0 aliphatic carbocycles. The van der Waals surface area contributed by atoms with Gasteiger partial charge in [-0.1, -0.05) is 6.07 Å². The molecule has 2 rings (SSSR count). The fourth-order valence-corrected chi connectivity index (χ4v) is 2.27. The first-order valence-electron chi connectivity index (χ1n) is 5.48. The van der Waals surface area contributed by atoms with Gasteiger partial charge in [-0.15, -0.1) is 11.6 Å². The SMILES string of the molecule is O=C1[C@H](CCl)CCN1c1cccc(C(F)(F)F)c1. The zero-order valence-electron chi connectivity index (χ0n) is 9.38. The van der Waals surface area contributed by atoms with Crippen molar-refractivity contribution in [3.05, 3.63) is 29.8 Å². The van der Waals surface area contributed by atoms with Crippen molar-refractivity contribution < 1.29 is 18.0 Å². The van der Waals surface area contributed by atoms with Gasteiger partial charge in [-0.3, -0.25) is 4.79 Å². The monoisotopic (exact) mass is 277 g/mol. The van der Waals surface area contributed by atoms with Crippen molar-refractivity contribution in [1.82, 2.24) is 0 Å². The number of hydrogen-bond donors (Lipinski definition) is 0. The number of nitrogens with zero attached hydrogens (tertiary/aromatic N) is 1. The molecule has 0 radical (unpaired) electrons. The summed E-state index contributed by atoms with van der Waals surface area (Å²) in [5, 5.41) is 0. The van der Waals surface area contributed by atoms with Crippen LogP contribution in [0.15, 0.2) is 24.3 Å². The average molecular weight is 278 g/mol. The molecule has 18 heavy (non-hydrogen) atoms. The van der Waals surface area contributed by atoms with Crippen molar-refractivity contribution in [2.75, 3.05) is 17.3 Å². The number of carbonyl (C=O) groups excluding carboxylic acids is 1. The lowest BCUT2D eigenvalue weighted by Gasteiger charge is -2.18. The summed E-state index contributed by atoms with van der Waals surface area (Å²) >= 11 is 5.63. The normalized spacial score (nSPS) is 20.6. The Bertz CT molecular complexity index is 461. The van der Waals surface area contributed by atoms with Crippen LogP contribution in [0.4, 0.5) is 18.9 Å². The van der Waals surface area contributed by atoms with Crippen LogP contribution in [0.1, 0.15) is 12.0 Å². The van der Waals surface area contributed by atoms with Crippen LogP contribution in [-0.2, 0) is 11.0 Å². The molecular formula is C12H11ClF3NO. The van der Waals surface area contributed by atoms with Gasteiger partial charge in [0.25, 0.3) is 0 Å². The van der Waals surface area contributed by atoms with Crippen molar-refractivity contribution in [2.24, 2.45) is 5.92 Å². The number of benzene rings is 1. The van der Waals surface area contributed by atoms with E-state index in [4.69, 9.17) is 11.6 Å². The predicted octanol–water partition coefficient (Wildman–Crippen LogP) is 3.30. The standard InChI is InChI=1S/C12H11ClF3NO/c13-7-8-4-5-17(11(8)18)10-3-1-2-9(6-10)12(14,15)16/h1-3,6,8H,4-5,7H2/t8-/m0/s1. The van der Waals surface area contributed by atoms with E-state index in [1.54, 1.807) is 0 Å². The molecule has 1 fully saturated rings. The largest absolute Gasteiger partial charge is 0.416 e. The molecule has 98 valence electrons. The fraction of sp³-hybridized carbons (Fsp3) is 0.417. The summed E-state index contributed by atoms with van der Waals surface area (Å²) in [7, 11) is 0. The minimum Gasteiger partial charge on any atom is -0.312 e. The molecule has 0 N–H and O–H groups in total. The van der Waals surface area contributed by atoms with Crippen LogP contribution < -0.4 is 4.90 Å². The van der Waals surface area contributed by atoms with E-state index in [1.165, 1.54) is 17.0 Å². The Morgan fingerprint density at radius 2 is 2.11 bits per heavy atom. The van der Waals surface area contributed by atoms with E-state index in [0.29, 0.717) is 13.0 Å². The highest BCUT2D eigenvalue weighted by Gasteiger charge is 2.34. The van der Waals surface area contributed by atoms with Crippen molar-refractivity contribution >= 4 is 23.2 Å². The topological polar surface area (TPSA) is 20.3 Å². The molecular weight excluding hydrogens is 267 g/mol. The molecule has 1 saturated heterocycles. The zero-order chi connectivity index (χ0) is 13.3. The maximum Gasteiger partial charge on any atom is 0.416 e. The van der Waals surface area contributed by atoms with Gasteiger partial charge in [0.15, 0.2) is 0 Å². The van der Waals surface area contributed by atoms with E-state index in [1.807, 2.05) is 0 Å². The fourth-order valence-electron chi connectivity index (χ4n) is 1.99. The molecule has 0 unspecified atom stereocenters. The molecule has 2 nitrogen and oxygen atoms in total. The van der Waals surface area contributed by atoms with Crippen LogP contribution in [0.3, 0.4) is 0 Å². The summed E-state index contributed by atoms with van der Waals surface area (Å²) in [6.45, 7) is 0.414. The van der Waals surface area contributed by atoms with Crippen LogP contribution in [-0.4, -0.2) is 18.3 Å². The Morgan fingerprint density at radius 3 is 2.67 bits per heavy atom. The summed E-state index contributed by atoms with van der Waals surface area (Å²) < 4.78 is 37.7. The number of hydrogen-bond acceptors (Lipinski definition) is 1. The number of halogens is 4. The highest BCUT2D eigenvalue weighted by atomic mass is 35.5. The van der Waals surface area contributed by atoms with Gasteiger partial charge in [0.2, 0.25) is 5.91 Å². The molecule has 1 aliphatic heterocycles. The number of alkyl halides is 4. The first-order chi connectivity index (χ1) is 8.43. The van der Waals surface area contributed by atoms with E-state index in [2.05, 4.69) is 0 Å². The molecule has 1 atom stereocenters. The lowest BCUT2D eigenvalue weighted by Crippen LogP contribution is -2.27. The van der Waals surface area contributed by atoms with Gasteiger partial charge >= 0.3 is 6.18 Å². The average Bonchev–Trinajstić information content (AvgIpc) is 2.69. The molecule has 0 bridgehead atoms. The molecule has 0 spiro atoms. The number of anilines is 1. The van der Waals surface area contributed by atoms with Gasteiger partial charge in [0.1, 0.15) is 0 Å². The molecule has 1 aromatic carbocycles. The Balaban J connectivity index is 2.27. The summed E-state index contributed by atoms with van der Waals surface area (Å²) in [6.07, 6.45) is -3.82. The lowest BCUT2D eigenvalue weighted by atomic mass is 10.1. The smallest absolute Gasteiger partial charge is 0.312 e. The highest BCUT2D eigenvalue weighted by molar-refractivity contribution is 6.20. The number of carbonyl (C=O) groups is 1. The Morgan fingerprint density at radius 1 is 1.39 bits per heavy atom. The number of amides is 1. The first kappa shape index (κ1) is 13.2. The van der Waals surface area contributed by atoms with Crippen molar-refractivity contribution in [2.45, 2.75) is 12.6 Å². The summed E-state index contributed by atoms with van der Waals surface area (Å²) in [4.78, 5) is 13.2. The second kappa shape index (κ2) is 4.80. The van der Waals surface area contributed by atoms with E-state index in [0.717, 1.165) is 12.1 Å². The number of rotatable bonds is 2. The molecule has 1 heterocycles. The third-order valence-corrected chi connectivity index (χ3v) is 3.36. The molecule has 1 amide bonds. The summed E-state index contributed by atoms with van der Waals surface area (Å²) in [5.41, 5.74) is -0.468. The first-order valence-corrected chi connectivity index (χ1v) is 6.01. The molecule has 1 aliphatic rings. The quantitative estimate of drug-likeness (QED) is 0.760. The predicted molar refractivity (Wildman–Crippen MR) is 62.6 cm³/mol. The molecule has 0 saturated carbocycles. The second-order valence-corrected chi connectivity index (χ2v) is 4.49. The van der Waals surface area contributed by atoms with Crippen molar-refractivity contribution in [3.8, 4) is 0 Å². The summed E-state index contributed by atoms with van der Waals surface area (Å²) in [5.74, 6) is -0.292. The van der Waals surface area contributed by atoms with Gasteiger partial charge in [-0.05, 0) is 24.6 Å². The van der Waals surface area contributed by atoms with Gasteiger partial charge in [0.05, 0.1) is 11.5 Å². The minimum atomic E-state index is -4.40. The lowest BCUT2D eigenvalue weighted by molar-refractivity contribution is -0.137. The van der Waals surface area contributed by atoms with E-state index in [9.17, 15) is 18.0 Å². The summed E-state index contributed by atoms with van der Waals surface area (Å²) in [6, 6.07) is 4.79. The molecule has 1 aromatic rings. The van der Waals surface area contributed by atoms with Gasteiger partial charge in [-0.25, -0.2) is 0 Å². The maximum atomic E-state index is 12.6. The van der Waals surface area contributed by atoms with Crippen molar-refractivity contribution in [1.29, 1.82) is 0 Å². The van der Waals surface area contributed by atoms with E-state index >= 15 is 0 Å². The van der Waals surface area contributed by atoms with Crippen LogP contribution in [0.2, 0.25) is 0 Å².